The predicted octanol–water partition coefficient (Wildman–Crippen LogP) is 2.20. The van der Waals surface area contributed by atoms with Gasteiger partial charge in [-0.3, -0.25) is 9.79 Å². The summed E-state index contributed by atoms with van der Waals surface area (Å²) in [5.74, 6) is -0.639. The quantitative estimate of drug-likeness (QED) is 0.567. The van der Waals surface area contributed by atoms with Crippen molar-refractivity contribution in [3.05, 3.63) is 35.6 Å². The highest BCUT2D eigenvalue weighted by atomic mass is 19.1. The van der Waals surface area contributed by atoms with Gasteiger partial charge in [0.1, 0.15) is 12.4 Å². The normalized spacial score (nSPS) is 10.6. The van der Waals surface area contributed by atoms with Crippen LogP contribution in [0.25, 0.3) is 0 Å². The van der Waals surface area contributed by atoms with Gasteiger partial charge in [-0.1, -0.05) is 19.1 Å². The second-order valence-electron chi connectivity index (χ2n) is 3.24. The Bertz CT molecular complexity index is 360. The third kappa shape index (κ3) is 4.68. The van der Waals surface area contributed by atoms with Crippen molar-refractivity contribution < 1.29 is 13.9 Å². The molecule has 1 rings (SSSR count). The molecule has 0 radical (unpaired) electrons. The first kappa shape index (κ1) is 12.4. The van der Waals surface area contributed by atoms with Crippen LogP contribution in [-0.2, 0) is 9.53 Å². The van der Waals surface area contributed by atoms with E-state index in [4.69, 9.17) is 4.74 Å². The van der Waals surface area contributed by atoms with Gasteiger partial charge in [-0.05, 0) is 24.1 Å². The molecule has 0 aliphatic rings. The van der Waals surface area contributed by atoms with E-state index < -0.39 is 0 Å². The van der Waals surface area contributed by atoms with Gasteiger partial charge in [-0.25, -0.2) is 4.39 Å². The van der Waals surface area contributed by atoms with Gasteiger partial charge in [0.2, 0.25) is 0 Å². The molecule has 0 saturated heterocycles. The molecular weight excluding hydrogens is 209 g/mol. The summed E-state index contributed by atoms with van der Waals surface area (Å²) in [4.78, 5) is 15.0. The van der Waals surface area contributed by atoms with E-state index in [1.807, 2.05) is 6.92 Å². The number of hydrogen-bond donors (Lipinski definition) is 0. The number of rotatable bonds is 5. The van der Waals surface area contributed by atoms with Crippen molar-refractivity contribution >= 4 is 12.2 Å². The zero-order valence-corrected chi connectivity index (χ0v) is 9.15. The van der Waals surface area contributed by atoms with E-state index in [2.05, 4.69) is 4.99 Å². The third-order valence-electron chi connectivity index (χ3n) is 1.80. The third-order valence-corrected chi connectivity index (χ3v) is 1.80. The summed E-state index contributed by atoms with van der Waals surface area (Å²) in [5, 5.41) is 0. The Morgan fingerprint density at radius 1 is 1.44 bits per heavy atom. The van der Waals surface area contributed by atoms with Gasteiger partial charge in [0.05, 0.1) is 6.61 Å². The molecule has 0 fully saturated rings. The fourth-order valence-corrected chi connectivity index (χ4v) is 1.04. The van der Waals surface area contributed by atoms with Crippen LogP contribution < -0.4 is 0 Å². The first-order valence-electron chi connectivity index (χ1n) is 5.13. The summed E-state index contributed by atoms with van der Waals surface area (Å²) >= 11 is 0. The maximum Gasteiger partial charge on any atom is 0.327 e. The van der Waals surface area contributed by atoms with Crippen molar-refractivity contribution in [1.82, 2.24) is 0 Å². The van der Waals surface area contributed by atoms with Gasteiger partial charge in [-0.15, -0.1) is 0 Å². The Kier molecular flexibility index (Phi) is 5.19. The molecule has 0 saturated carbocycles. The van der Waals surface area contributed by atoms with Crippen molar-refractivity contribution in [2.24, 2.45) is 4.99 Å². The molecule has 0 N–H and O–H groups in total. The van der Waals surface area contributed by atoms with E-state index in [0.29, 0.717) is 6.61 Å². The van der Waals surface area contributed by atoms with Crippen LogP contribution in [0, 0.1) is 5.82 Å². The molecule has 3 nitrogen and oxygen atoms in total. The summed E-state index contributed by atoms with van der Waals surface area (Å²) in [6.45, 7) is 2.34. The van der Waals surface area contributed by atoms with Crippen LogP contribution in [0.5, 0.6) is 0 Å². The number of benzene rings is 1. The molecule has 0 aliphatic carbocycles. The Hall–Kier alpha value is -1.71. The van der Waals surface area contributed by atoms with Crippen LogP contribution in [-0.4, -0.2) is 25.3 Å². The first-order valence-corrected chi connectivity index (χ1v) is 5.13. The van der Waals surface area contributed by atoms with Gasteiger partial charge in [0.15, 0.2) is 0 Å². The molecule has 86 valence electrons. The average Bonchev–Trinajstić information content (AvgIpc) is 2.29. The van der Waals surface area contributed by atoms with E-state index >= 15 is 0 Å². The molecule has 1 aromatic rings. The zero-order chi connectivity index (χ0) is 11.8. The molecule has 0 heterocycles. The number of halogens is 1. The number of nitrogens with zero attached hydrogens (tertiary/aromatic N) is 1. The topological polar surface area (TPSA) is 38.7 Å². The maximum absolute atomic E-state index is 12.6. The minimum Gasteiger partial charge on any atom is -0.464 e. The number of carbonyl (C=O) groups is 1. The highest BCUT2D eigenvalue weighted by Crippen LogP contribution is 1.99. The van der Waals surface area contributed by atoms with Gasteiger partial charge >= 0.3 is 5.97 Å². The molecule has 0 aromatic heterocycles. The molecule has 0 aliphatic heterocycles. The molecular formula is C12H14FNO2. The Morgan fingerprint density at radius 3 is 2.75 bits per heavy atom. The molecule has 0 unspecified atom stereocenters. The SMILES string of the molecule is CCCOC(=O)CN=Cc1ccc(F)cc1. The smallest absolute Gasteiger partial charge is 0.327 e. The van der Waals surface area contributed by atoms with Gasteiger partial charge in [0, 0.05) is 6.21 Å². The summed E-state index contributed by atoms with van der Waals surface area (Å²) in [6, 6.07) is 5.87. The largest absolute Gasteiger partial charge is 0.464 e. The zero-order valence-electron chi connectivity index (χ0n) is 9.15. The summed E-state index contributed by atoms with van der Waals surface area (Å²) in [7, 11) is 0. The number of aliphatic imine (C=N–C) groups is 1. The molecule has 0 atom stereocenters. The van der Waals surface area contributed by atoms with E-state index in [0.717, 1.165) is 12.0 Å². The number of esters is 1. The van der Waals surface area contributed by atoms with Crippen LogP contribution in [0.15, 0.2) is 29.3 Å². The van der Waals surface area contributed by atoms with Crippen LogP contribution in [0.2, 0.25) is 0 Å². The lowest BCUT2D eigenvalue weighted by Gasteiger charge is -1.99. The van der Waals surface area contributed by atoms with E-state index in [-0.39, 0.29) is 18.3 Å². The molecule has 4 heteroatoms. The second kappa shape index (κ2) is 6.71. The predicted molar refractivity (Wildman–Crippen MR) is 60.1 cm³/mol. The molecule has 0 spiro atoms. The van der Waals surface area contributed by atoms with Crippen LogP contribution >= 0.6 is 0 Å². The van der Waals surface area contributed by atoms with Crippen molar-refractivity contribution in [3.8, 4) is 0 Å². The minimum atomic E-state index is -0.347. The van der Waals surface area contributed by atoms with Gasteiger partial charge < -0.3 is 4.74 Å². The van der Waals surface area contributed by atoms with E-state index in [1.165, 1.54) is 18.3 Å². The van der Waals surface area contributed by atoms with Crippen molar-refractivity contribution in [2.45, 2.75) is 13.3 Å². The lowest BCUT2D eigenvalue weighted by molar-refractivity contribution is -0.141. The minimum absolute atomic E-state index is 0.00260. The van der Waals surface area contributed by atoms with Crippen LogP contribution in [0.4, 0.5) is 4.39 Å². The Balaban J connectivity index is 2.37. The van der Waals surface area contributed by atoms with Gasteiger partial charge in [0.25, 0.3) is 0 Å². The summed E-state index contributed by atoms with van der Waals surface area (Å²) in [5.41, 5.74) is 0.754. The Labute approximate surface area is 94.0 Å². The molecule has 16 heavy (non-hydrogen) atoms. The lowest BCUT2D eigenvalue weighted by atomic mass is 10.2. The maximum atomic E-state index is 12.6. The molecule has 1 aromatic carbocycles. The van der Waals surface area contributed by atoms with E-state index in [9.17, 15) is 9.18 Å². The fourth-order valence-electron chi connectivity index (χ4n) is 1.04. The van der Waals surface area contributed by atoms with Crippen LogP contribution in [0.3, 0.4) is 0 Å². The number of hydrogen-bond acceptors (Lipinski definition) is 3. The standard InChI is InChI=1S/C12H14FNO2/c1-2-7-16-12(15)9-14-8-10-3-5-11(13)6-4-10/h3-6,8H,2,7,9H2,1H3. The van der Waals surface area contributed by atoms with Crippen molar-refractivity contribution in [1.29, 1.82) is 0 Å². The number of carbonyl (C=O) groups excluding carboxylic acids is 1. The Morgan fingerprint density at radius 2 is 2.12 bits per heavy atom. The number of ether oxygens (including phenoxy) is 1. The molecule has 0 bridgehead atoms. The fraction of sp³-hybridized carbons (Fsp3) is 0.333. The lowest BCUT2D eigenvalue weighted by Crippen LogP contribution is -2.08. The van der Waals surface area contributed by atoms with E-state index in [1.54, 1.807) is 12.1 Å². The second-order valence-corrected chi connectivity index (χ2v) is 3.24. The van der Waals surface area contributed by atoms with Crippen LogP contribution in [0.1, 0.15) is 18.9 Å². The summed E-state index contributed by atoms with van der Waals surface area (Å²) < 4.78 is 17.4. The van der Waals surface area contributed by atoms with Crippen molar-refractivity contribution in [2.75, 3.05) is 13.2 Å². The average molecular weight is 223 g/mol. The molecule has 0 amide bonds. The monoisotopic (exact) mass is 223 g/mol. The summed E-state index contributed by atoms with van der Waals surface area (Å²) in [6.07, 6.45) is 2.32. The highest BCUT2D eigenvalue weighted by Gasteiger charge is 1.98. The van der Waals surface area contributed by atoms with Gasteiger partial charge in [-0.2, -0.15) is 0 Å². The first-order chi connectivity index (χ1) is 7.72. The van der Waals surface area contributed by atoms with Crippen molar-refractivity contribution in [3.63, 3.8) is 0 Å². The highest BCUT2D eigenvalue weighted by molar-refractivity contribution is 5.82.